The fourth-order valence-corrected chi connectivity index (χ4v) is 8.12. The van der Waals surface area contributed by atoms with Crippen molar-refractivity contribution in [1.82, 2.24) is 0 Å². The predicted octanol–water partition coefficient (Wildman–Crippen LogP) is 0.184. The first-order valence-corrected chi connectivity index (χ1v) is 20.8. The molecule has 0 amide bonds. The highest BCUT2D eigenvalue weighted by Crippen LogP contribution is 2.24. The number of unbranched alkanes of at least 4 members (excludes halogenated alkanes) is 15. The van der Waals surface area contributed by atoms with Crippen LogP contribution >= 0.6 is 0 Å². The molecule has 14 N–H and O–H groups in total. The molecule has 0 saturated heterocycles. The molecule has 49 heavy (non-hydrogen) atoms. The van der Waals surface area contributed by atoms with Crippen molar-refractivity contribution in [1.29, 1.82) is 0 Å². The van der Waals surface area contributed by atoms with E-state index in [9.17, 15) is 35.8 Å². The molecular weight excluding hydrogens is 652 g/mol. The smallest absolute Gasteiger partial charge is 0.501 e. The molecule has 0 fully saturated rings. The first-order chi connectivity index (χ1) is 23.3. The first kappa shape index (κ1) is 48.7. The summed E-state index contributed by atoms with van der Waals surface area (Å²) < 4.78 is 17.9. The van der Waals surface area contributed by atoms with Gasteiger partial charge < -0.3 is 71.0 Å². The molecule has 0 aromatic heterocycles. The van der Waals surface area contributed by atoms with E-state index in [1.807, 2.05) is 0 Å². The van der Waals surface area contributed by atoms with Gasteiger partial charge in [0.15, 0.2) is 11.1 Å². The summed E-state index contributed by atoms with van der Waals surface area (Å²) in [6, 6.07) is 0.120. The minimum Gasteiger partial charge on any atom is -0.633 e. The van der Waals surface area contributed by atoms with Crippen LogP contribution in [-0.2, 0) is 13.3 Å². The van der Waals surface area contributed by atoms with Gasteiger partial charge in [0.1, 0.15) is 26.4 Å². The van der Waals surface area contributed by atoms with Gasteiger partial charge in [-0.15, -0.1) is 0 Å². The zero-order valence-electron chi connectivity index (χ0n) is 31.3. The van der Waals surface area contributed by atoms with Crippen LogP contribution in [-0.4, -0.2) is 140 Å². The Labute approximate surface area is 297 Å². The number of hydroxylamine groups is 3. The topological polar surface area (TPSA) is 253 Å². The van der Waals surface area contributed by atoms with Gasteiger partial charge in [-0.05, 0) is 12.8 Å². The van der Waals surface area contributed by atoms with Crippen LogP contribution < -0.4 is 17.2 Å². The molecular formula is C34H78N4O10Si+2. The quantitative estimate of drug-likeness (QED) is 0.0182. The second-order valence-electron chi connectivity index (χ2n) is 15.0. The molecule has 0 aliphatic rings. The second-order valence-corrected chi connectivity index (χ2v) is 17.7. The van der Waals surface area contributed by atoms with Gasteiger partial charge in [0, 0.05) is 12.5 Å². The maximum absolute atomic E-state index is 13.4. The fourth-order valence-electron chi connectivity index (χ4n) is 5.28. The summed E-state index contributed by atoms with van der Waals surface area (Å²) in [5, 5.41) is 72.0. The summed E-state index contributed by atoms with van der Waals surface area (Å²) in [5.74, 6) is 0. The van der Waals surface area contributed by atoms with Gasteiger partial charge >= 0.3 is 8.80 Å². The molecule has 0 spiro atoms. The minimum absolute atomic E-state index is 0.120. The third-order valence-corrected chi connectivity index (χ3v) is 12.1. The van der Waals surface area contributed by atoms with E-state index in [1.165, 1.54) is 83.5 Å². The monoisotopic (exact) mass is 731 g/mol. The van der Waals surface area contributed by atoms with Gasteiger partial charge in [-0.25, -0.2) is 0 Å². The maximum atomic E-state index is 13.4. The van der Waals surface area contributed by atoms with E-state index in [-0.39, 0.29) is 32.4 Å². The Bertz CT molecular complexity index is 720. The Kier molecular flexibility index (Phi) is 27.1. The van der Waals surface area contributed by atoms with Crippen molar-refractivity contribution in [3.05, 3.63) is 5.21 Å². The van der Waals surface area contributed by atoms with E-state index in [0.717, 1.165) is 19.3 Å². The van der Waals surface area contributed by atoms with Gasteiger partial charge in [-0.2, -0.15) is 0 Å². The Morgan fingerprint density at radius 2 is 0.878 bits per heavy atom. The standard InChI is InChI=1S/C34H76N4O10Si/c1-3-4-5-6-7-8-9-10-11-12-13-14-15-16-17-18-20-38(2,45)21-19-22-49(46-29-32(35,23-39)24-40,47-30-33(36,25-41)26-42)48-31-34(37,27-43)28-44/h39-44H,3-31,35-37H2,1-2H3/p+2. The Hall–Kier alpha value is -0.343. The summed E-state index contributed by atoms with van der Waals surface area (Å²) >= 11 is 0. The van der Waals surface area contributed by atoms with E-state index >= 15 is 0 Å². The fraction of sp³-hybridized carbons (Fsp3) is 1.00. The summed E-state index contributed by atoms with van der Waals surface area (Å²) in [7, 11) is -2.24. The van der Waals surface area contributed by atoms with Crippen LogP contribution in [0.5, 0.6) is 0 Å². The molecule has 14 nitrogen and oxygen atoms in total. The molecule has 0 radical (unpaired) electrons. The summed E-state index contributed by atoms with van der Waals surface area (Å²) in [4.78, 5) is 0. The van der Waals surface area contributed by atoms with Crippen LogP contribution in [0, 0.1) is 5.21 Å². The molecule has 0 aliphatic heterocycles. The van der Waals surface area contributed by atoms with Gasteiger partial charge in [-0.1, -0.05) is 96.8 Å². The van der Waals surface area contributed by atoms with Gasteiger partial charge in [0.05, 0.1) is 58.7 Å². The molecule has 0 saturated carbocycles. The number of hydrogen-bond donors (Lipinski definition) is 9. The number of quaternary nitrogens is 3. The molecule has 0 rings (SSSR count). The van der Waals surface area contributed by atoms with Gasteiger partial charge in [0.25, 0.3) is 0 Å². The summed E-state index contributed by atoms with van der Waals surface area (Å²) in [6.07, 6.45) is 20.5. The molecule has 0 bridgehead atoms. The van der Waals surface area contributed by atoms with Crippen molar-refractivity contribution >= 4 is 8.80 Å². The molecule has 1 atom stereocenters. The SMILES string of the molecule is CCCCCCCCCCCCCCCCCC[N+](C)([O-])CCC[Si](OCC(N)(CO)CO)(OCC([NH3+])(CO)CO)OCC([NH3+])(CO)CO. The highest BCUT2D eigenvalue weighted by Gasteiger charge is 2.48. The van der Waals surface area contributed by atoms with E-state index in [0.29, 0.717) is 13.0 Å². The number of aliphatic hydroxyl groups is 6. The van der Waals surface area contributed by atoms with E-state index in [2.05, 4.69) is 18.4 Å². The van der Waals surface area contributed by atoms with E-state index < -0.39 is 69.7 Å². The van der Waals surface area contributed by atoms with Crippen molar-refractivity contribution < 1.29 is 60.0 Å². The van der Waals surface area contributed by atoms with Gasteiger partial charge in [0.2, 0.25) is 0 Å². The molecule has 296 valence electrons. The normalized spacial score (nSPS) is 14.4. The van der Waals surface area contributed by atoms with E-state index in [4.69, 9.17) is 19.0 Å². The van der Waals surface area contributed by atoms with Crippen LogP contribution in [0.4, 0.5) is 0 Å². The molecule has 15 heteroatoms. The summed E-state index contributed by atoms with van der Waals surface area (Å²) in [5.41, 5.74) is 9.65. The lowest BCUT2D eigenvalue weighted by molar-refractivity contribution is -0.861. The average molecular weight is 731 g/mol. The van der Waals surface area contributed by atoms with Crippen LogP contribution in [0.2, 0.25) is 6.04 Å². The van der Waals surface area contributed by atoms with Gasteiger partial charge in [-0.3, -0.25) is 0 Å². The van der Waals surface area contributed by atoms with Crippen molar-refractivity contribution in [2.24, 2.45) is 5.73 Å². The number of hydrogen-bond acceptors (Lipinski definition) is 11. The third-order valence-electron chi connectivity index (χ3n) is 9.35. The summed E-state index contributed by atoms with van der Waals surface area (Å²) in [6.45, 7) is -1.12. The number of rotatable bonds is 36. The lowest BCUT2D eigenvalue weighted by atomic mass is 10.0. The molecule has 1 unspecified atom stereocenters. The zero-order chi connectivity index (χ0) is 37.1. The lowest BCUT2D eigenvalue weighted by Gasteiger charge is -2.40. The van der Waals surface area contributed by atoms with Crippen LogP contribution in [0.1, 0.15) is 116 Å². The van der Waals surface area contributed by atoms with E-state index in [1.54, 1.807) is 7.05 Å². The number of nitrogens with two attached hydrogens (primary N) is 1. The Morgan fingerprint density at radius 3 is 1.22 bits per heavy atom. The first-order valence-electron chi connectivity index (χ1n) is 18.9. The maximum Gasteiger partial charge on any atom is 0.501 e. The zero-order valence-corrected chi connectivity index (χ0v) is 32.3. The molecule has 0 aromatic carbocycles. The average Bonchev–Trinajstić information content (AvgIpc) is 3.11. The largest absolute Gasteiger partial charge is 0.633 e. The molecule has 0 aliphatic carbocycles. The Morgan fingerprint density at radius 1 is 0.551 bits per heavy atom. The van der Waals surface area contributed by atoms with Crippen molar-refractivity contribution in [3.8, 4) is 0 Å². The number of nitrogens with zero attached hydrogens (tertiary/aromatic N) is 1. The molecule has 0 aromatic rings. The number of aliphatic hydroxyl groups excluding tert-OH is 6. The van der Waals surface area contributed by atoms with Crippen LogP contribution in [0.25, 0.3) is 0 Å². The second kappa shape index (κ2) is 27.3. The third kappa shape index (κ3) is 23.0. The van der Waals surface area contributed by atoms with Crippen molar-refractivity contribution in [2.45, 2.75) is 139 Å². The minimum atomic E-state index is -3.87. The lowest BCUT2D eigenvalue weighted by Crippen LogP contribution is -2.80. The van der Waals surface area contributed by atoms with Crippen molar-refractivity contribution in [2.75, 3.05) is 79.6 Å². The van der Waals surface area contributed by atoms with Crippen LogP contribution in [0.3, 0.4) is 0 Å². The highest BCUT2D eigenvalue weighted by molar-refractivity contribution is 6.60. The van der Waals surface area contributed by atoms with Crippen LogP contribution in [0.15, 0.2) is 0 Å². The van der Waals surface area contributed by atoms with Crippen molar-refractivity contribution in [3.63, 3.8) is 0 Å². The highest BCUT2D eigenvalue weighted by atomic mass is 28.4. The Balaban J connectivity index is 4.95. The predicted molar refractivity (Wildman–Crippen MR) is 193 cm³/mol. The molecule has 0 heterocycles.